The van der Waals surface area contributed by atoms with Gasteiger partial charge in [0.25, 0.3) is 11.6 Å². The summed E-state index contributed by atoms with van der Waals surface area (Å²) in [4.78, 5) is 48.3. The number of aliphatic hydroxyl groups is 1. The van der Waals surface area contributed by atoms with E-state index < -0.39 is 41.3 Å². The van der Waals surface area contributed by atoms with Gasteiger partial charge in [0.05, 0.1) is 17.4 Å². The molecular formula is C28H27IN6O9. The fourth-order valence-electron chi connectivity index (χ4n) is 4.58. The Morgan fingerprint density at radius 3 is 2.77 bits per heavy atom. The van der Waals surface area contributed by atoms with E-state index in [4.69, 9.17) is 18.9 Å². The topological polar surface area (TPSA) is 190 Å². The van der Waals surface area contributed by atoms with Crippen LogP contribution in [-0.2, 0) is 19.0 Å². The van der Waals surface area contributed by atoms with Gasteiger partial charge in [0, 0.05) is 27.5 Å². The number of anilines is 1. The van der Waals surface area contributed by atoms with Gasteiger partial charge in [-0.25, -0.2) is 19.7 Å². The summed E-state index contributed by atoms with van der Waals surface area (Å²) in [6, 6.07) is 13.6. The molecule has 1 aliphatic heterocycles. The molecule has 4 atom stereocenters. The minimum Gasteiger partial charge on any atom is -0.484 e. The molecule has 0 saturated carbocycles. The Hall–Kier alpha value is -4.42. The summed E-state index contributed by atoms with van der Waals surface area (Å²) >= 11 is 2.05. The molecule has 3 heterocycles. The van der Waals surface area contributed by atoms with E-state index in [-0.39, 0.29) is 37.7 Å². The van der Waals surface area contributed by atoms with Gasteiger partial charge in [0.15, 0.2) is 23.6 Å². The van der Waals surface area contributed by atoms with Gasteiger partial charge in [-0.15, -0.1) is 0 Å². The third kappa shape index (κ3) is 7.37. The standard InChI is InChI=1S/C28H27IN6O9/c1-16(19-9-17(29)7-8-20(19)35(39)40)11-42-28(38)43-12-22-21(36)10-24(44-22)34-15-32-25-26(30-14-31-27(25)34)33-23(37)13-41-18-5-3-2-4-6-18/h2-9,14-16,21-22,24,36H,10-13H2,1H3,(H,30,31,33,37)/t16?,21-,22+,24+/m0/s1. The van der Waals surface area contributed by atoms with E-state index in [2.05, 4.69) is 42.9 Å². The fraction of sp³-hybridized carbons (Fsp3) is 0.321. The van der Waals surface area contributed by atoms with Crippen molar-refractivity contribution >= 4 is 57.3 Å². The molecule has 4 aromatic rings. The van der Waals surface area contributed by atoms with Gasteiger partial charge < -0.3 is 29.4 Å². The van der Waals surface area contributed by atoms with Gasteiger partial charge >= 0.3 is 6.16 Å². The van der Waals surface area contributed by atoms with Gasteiger partial charge in [-0.05, 0) is 46.9 Å². The van der Waals surface area contributed by atoms with Crippen molar-refractivity contribution in [2.24, 2.45) is 0 Å². The van der Waals surface area contributed by atoms with Crippen LogP contribution in [-0.4, -0.2) is 73.6 Å². The van der Waals surface area contributed by atoms with E-state index in [0.29, 0.717) is 22.5 Å². The second kappa shape index (κ2) is 13.9. The number of aromatic nitrogens is 4. The maximum absolute atomic E-state index is 12.4. The number of benzene rings is 2. The lowest BCUT2D eigenvalue weighted by molar-refractivity contribution is -0.385. The zero-order valence-corrected chi connectivity index (χ0v) is 25.4. The van der Waals surface area contributed by atoms with Crippen molar-refractivity contribution in [1.82, 2.24) is 19.5 Å². The molecule has 1 fully saturated rings. The minimum atomic E-state index is -0.998. The summed E-state index contributed by atoms with van der Waals surface area (Å²) in [5.74, 6) is -0.170. The van der Waals surface area contributed by atoms with E-state index in [1.165, 1.54) is 18.7 Å². The first-order valence-electron chi connectivity index (χ1n) is 13.4. The number of hydrogen-bond acceptors (Lipinski definition) is 12. The number of imidazole rings is 1. The maximum atomic E-state index is 12.4. The van der Waals surface area contributed by atoms with E-state index in [1.54, 1.807) is 47.9 Å². The molecule has 2 aromatic heterocycles. The molecule has 0 spiro atoms. The lowest BCUT2D eigenvalue weighted by Gasteiger charge is -2.17. The number of carbonyl (C=O) groups excluding carboxylic acids is 2. The summed E-state index contributed by atoms with van der Waals surface area (Å²) in [5.41, 5.74) is 1.04. The van der Waals surface area contributed by atoms with Gasteiger partial charge in [0.2, 0.25) is 0 Å². The predicted octanol–water partition coefficient (Wildman–Crippen LogP) is 3.96. The van der Waals surface area contributed by atoms with Crippen molar-refractivity contribution in [2.45, 2.75) is 37.7 Å². The van der Waals surface area contributed by atoms with Crippen LogP contribution >= 0.6 is 22.6 Å². The third-order valence-electron chi connectivity index (χ3n) is 6.78. The Balaban J connectivity index is 1.14. The number of hydrogen-bond donors (Lipinski definition) is 2. The van der Waals surface area contributed by atoms with Crippen molar-refractivity contribution in [3.63, 3.8) is 0 Å². The quantitative estimate of drug-likeness (QED) is 0.0984. The second-order valence-electron chi connectivity index (χ2n) is 9.86. The van der Waals surface area contributed by atoms with Gasteiger partial charge in [-0.2, -0.15) is 0 Å². The first-order valence-corrected chi connectivity index (χ1v) is 14.5. The SMILES string of the molecule is CC(COC(=O)OC[C@H]1O[C@@H](n2cnc3c(NC(=O)COc4ccccc4)ncnc32)C[C@@H]1O)c1cc(I)ccc1[N+](=O)[O-]. The van der Waals surface area contributed by atoms with Crippen LogP contribution in [0.2, 0.25) is 0 Å². The van der Waals surface area contributed by atoms with Crippen LogP contribution in [0, 0.1) is 13.7 Å². The highest BCUT2D eigenvalue weighted by Crippen LogP contribution is 2.32. The van der Waals surface area contributed by atoms with E-state index in [1.807, 2.05) is 6.07 Å². The highest BCUT2D eigenvalue weighted by Gasteiger charge is 2.37. The number of para-hydroxylation sites is 1. The molecule has 1 saturated heterocycles. The number of nitrogens with zero attached hydrogens (tertiary/aromatic N) is 5. The average molecular weight is 718 g/mol. The van der Waals surface area contributed by atoms with E-state index in [0.717, 1.165) is 3.57 Å². The molecule has 1 unspecified atom stereocenters. The van der Waals surface area contributed by atoms with Crippen LogP contribution in [0.3, 0.4) is 0 Å². The predicted molar refractivity (Wildman–Crippen MR) is 162 cm³/mol. The molecule has 15 nitrogen and oxygen atoms in total. The lowest BCUT2D eigenvalue weighted by Crippen LogP contribution is -2.28. The van der Waals surface area contributed by atoms with Crippen molar-refractivity contribution in [1.29, 1.82) is 0 Å². The molecule has 5 rings (SSSR count). The summed E-state index contributed by atoms with van der Waals surface area (Å²) in [6.45, 7) is 1.03. The number of aliphatic hydroxyl groups excluding tert-OH is 1. The smallest absolute Gasteiger partial charge is 0.484 e. The minimum absolute atomic E-state index is 0.0627. The molecule has 2 N–H and O–H groups in total. The number of rotatable bonds is 11. The average Bonchev–Trinajstić information content (AvgIpc) is 3.61. The fourth-order valence-corrected chi connectivity index (χ4v) is 5.10. The maximum Gasteiger partial charge on any atom is 0.508 e. The zero-order valence-electron chi connectivity index (χ0n) is 23.2. The summed E-state index contributed by atoms with van der Waals surface area (Å²) in [5, 5.41) is 24.6. The highest BCUT2D eigenvalue weighted by molar-refractivity contribution is 14.1. The second-order valence-corrected chi connectivity index (χ2v) is 11.1. The zero-order chi connectivity index (χ0) is 31.2. The Labute approximate surface area is 263 Å². The Kier molecular flexibility index (Phi) is 9.81. The summed E-state index contributed by atoms with van der Waals surface area (Å²) < 4.78 is 24.1. The van der Waals surface area contributed by atoms with Crippen LogP contribution in [0.25, 0.3) is 11.2 Å². The molecule has 0 aliphatic carbocycles. The van der Waals surface area contributed by atoms with E-state index >= 15 is 0 Å². The molecule has 1 amide bonds. The normalized spacial score (nSPS) is 18.5. The van der Waals surface area contributed by atoms with Gasteiger partial charge in [-0.3, -0.25) is 19.5 Å². The van der Waals surface area contributed by atoms with Crippen LogP contribution in [0.5, 0.6) is 5.75 Å². The molecule has 230 valence electrons. The summed E-state index contributed by atoms with van der Waals surface area (Å²) in [6.07, 6.45) is -0.664. The van der Waals surface area contributed by atoms with Crippen molar-refractivity contribution in [2.75, 3.05) is 25.1 Å². The van der Waals surface area contributed by atoms with E-state index in [9.17, 15) is 24.8 Å². The Morgan fingerprint density at radius 1 is 1.20 bits per heavy atom. The van der Waals surface area contributed by atoms with Crippen LogP contribution in [0.15, 0.2) is 61.2 Å². The van der Waals surface area contributed by atoms with Gasteiger partial charge in [0.1, 0.15) is 37.6 Å². The number of ether oxygens (including phenoxy) is 4. The lowest BCUT2D eigenvalue weighted by atomic mass is 10.0. The number of carbonyl (C=O) groups is 2. The molecular weight excluding hydrogens is 691 g/mol. The number of nitro benzene ring substituents is 1. The van der Waals surface area contributed by atoms with Crippen LogP contribution in [0.1, 0.15) is 31.1 Å². The highest BCUT2D eigenvalue weighted by atomic mass is 127. The van der Waals surface area contributed by atoms with Crippen LogP contribution in [0.4, 0.5) is 16.3 Å². The Bertz CT molecular complexity index is 1650. The summed E-state index contributed by atoms with van der Waals surface area (Å²) in [7, 11) is 0. The third-order valence-corrected chi connectivity index (χ3v) is 7.45. The molecule has 0 radical (unpaired) electrons. The first-order chi connectivity index (χ1) is 21.2. The molecule has 16 heteroatoms. The number of halogens is 1. The largest absolute Gasteiger partial charge is 0.508 e. The molecule has 1 aliphatic rings. The van der Waals surface area contributed by atoms with Crippen molar-refractivity contribution < 1.29 is 38.6 Å². The first kappa shape index (κ1) is 31.0. The number of amides is 1. The number of nitrogens with one attached hydrogen (secondary N) is 1. The van der Waals surface area contributed by atoms with Crippen molar-refractivity contribution in [3.8, 4) is 5.75 Å². The molecule has 2 aromatic carbocycles. The molecule has 0 bridgehead atoms. The number of nitro groups is 1. The van der Waals surface area contributed by atoms with Gasteiger partial charge in [-0.1, -0.05) is 25.1 Å². The molecule has 44 heavy (non-hydrogen) atoms. The van der Waals surface area contributed by atoms with Crippen LogP contribution < -0.4 is 10.1 Å². The Morgan fingerprint density at radius 2 is 2.00 bits per heavy atom. The van der Waals surface area contributed by atoms with Crippen molar-refractivity contribution in [3.05, 3.63) is 80.4 Å². The number of fused-ring (bicyclic) bond motifs is 1. The monoisotopic (exact) mass is 718 g/mol.